The molecule has 30 heavy (non-hydrogen) atoms. The molecule has 0 atom stereocenters. The summed E-state index contributed by atoms with van der Waals surface area (Å²) in [6, 6.07) is 10.6. The SMILES string of the molecule is CN=C(NCCc1nc(-c2cccc(Cl)c2)no1)NCCc1cc(F)ccc1F.I. The molecule has 0 aliphatic carbocycles. The highest BCUT2D eigenvalue weighted by molar-refractivity contribution is 14.0. The first-order valence-electron chi connectivity index (χ1n) is 9.02. The van der Waals surface area contributed by atoms with E-state index in [-0.39, 0.29) is 24.0 Å². The van der Waals surface area contributed by atoms with Gasteiger partial charge in [-0.3, -0.25) is 4.99 Å². The normalized spacial score (nSPS) is 11.1. The van der Waals surface area contributed by atoms with E-state index in [2.05, 4.69) is 25.8 Å². The van der Waals surface area contributed by atoms with Gasteiger partial charge in [0, 0.05) is 37.1 Å². The molecular weight excluding hydrogens is 527 g/mol. The van der Waals surface area contributed by atoms with Crippen LogP contribution in [0.3, 0.4) is 0 Å². The number of hydrogen-bond acceptors (Lipinski definition) is 4. The highest BCUT2D eigenvalue weighted by Crippen LogP contribution is 2.19. The fraction of sp³-hybridized carbons (Fsp3) is 0.250. The molecule has 3 aromatic rings. The van der Waals surface area contributed by atoms with Crippen LogP contribution in [0.15, 0.2) is 52.0 Å². The Morgan fingerprint density at radius 2 is 1.87 bits per heavy atom. The number of nitrogens with zero attached hydrogens (tertiary/aromatic N) is 3. The molecule has 0 saturated heterocycles. The van der Waals surface area contributed by atoms with E-state index in [4.69, 9.17) is 16.1 Å². The molecule has 0 fully saturated rings. The predicted octanol–water partition coefficient (Wildman–Crippen LogP) is 4.24. The van der Waals surface area contributed by atoms with Gasteiger partial charge in [0.1, 0.15) is 11.6 Å². The summed E-state index contributed by atoms with van der Waals surface area (Å²) < 4.78 is 32.1. The Labute approximate surface area is 195 Å². The zero-order valence-corrected chi connectivity index (χ0v) is 19.2. The first-order chi connectivity index (χ1) is 14.0. The smallest absolute Gasteiger partial charge is 0.228 e. The summed E-state index contributed by atoms with van der Waals surface area (Å²) in [5.74, 6) is 0.604. The van der Waals surface area contributed by atoms with Gasteiger partial charge >= 0.3 is 0 Å². The number of nitrogens with one attached hydrogen (secondary N) is 2. The van der Waals surface area contributed by atoms with Crippen LogP contribution < -0.4 is 10.6 Å². The number of benzene rings is 2. The Balaban J connectivity index is 0.00000320. The van der Waals surface area contributed by atoms with Crippen LogP contribution in [0.4, 0.5) is 8.78 Å². The Morgan fingerprint density at radius 1 is 1.10 bits per heavy atom. The van der Waals surface area contributed by atoms with Gasteiger partial charge in [0.25, 0.3) is 0 Å². The molecule has 2 aromatic carbocycles. The molecule has 1 heterocycles. The van der Waals surface area contributed by atoms with Crippen molar-refractivity contribution in [3.8, 4) is 11.4 Å². The lowest BCUT2D eigenvalue weighted by molar-refractivity contribution is 0.378. The molecule has 3 rings (SSSR count). The van der Waals surface area contributed by atoms with Crippen LogP contribution in [-0.2, 0) is 12.8 Å². The molecule has 6 nitrogen and oxygen atoms in total. The zero-order valence-electron chi connectivity index (χ0n) is 16.2. The Kier molecular flexibility index (Phi) is 9.44. The minimum Gasteiger partial charge on any atom is -0.356 e. The predicted molar refractivity (Wildman–Crippen MR) is 123 cm³/mol. The molecule has 10 heteroatoms. The van der Waals surface area contributed by atoms with Crippen LogP contribution in [0.5, 0.6) is 0 Å². The third kappa shape index (κ3) is 6.91. The quantitative estimate of drug-likeness (QED) is 0.263. The summed E-state index contributed by atoms with van der Waals surface area (Å²) in [7, 11) is 1.63. The van der Waals surface area contributed by atoms with Gasteiger partial charge in [-0.1, -0.05) is 28.9 Å². The lowest BCUT2D eigenvalue weighted by Gasteiger charge is -2.11. The van der Waals surface area contributed by atoms with Gasteiger partial charge in [-0.25, -0.2) is 8.78 Å². The maximum Gasteiger partial charge on any atom is 0.228 e. The van der Waals surface area contributed by atoms with Gasteiger partial charge in [-0.2, -0.15) is 4.98 Å². The Morgan fingerprint density at radius 3 is 2.60 bits per heavy atom. The van der Waals surface area contributed by atoms with Crippen molar-refractivity contribution in [2.24, 2.45) is 4.99 Å². The highest BCUT2D eigenvalue weighted by atomic mass is 127. The Bertz CT molecular complexity index is 999. The van der Waals surface area contributed by atoms with Gasteiger partial charge in [0.2, 0.25) is 11.7 Å². The Hall–Kier alpha value is -2.27. The van der Waals surface area contributed by atoms with Gasteiger partial charge < -0.3 is 15.2 Å². The lowest BCUT2D eigenvalue weighted by atomic mass is 10.1. The molecule has 0 amide bonds. The fourth-order valence-corrected chi connectivity index (χ4v) is 2.85. The van der Waals surface area contributed by atoms with Gasteiger partial charge in [0.15, 0.2) is 5.96 Å². The average molecular weight is 548 g/mol. The first-order valence-corrected chi connectivity index (χ1v) is 9.40. The molecule has 0 aliphatic heterocycles. The summed E-state index contributed by atoms with van der Waals surface area (Å²) in [6.45, 7) is 0.907. The van der Waals surface area contributed by atoms with Crippen molar-refractivity contribution in [1.82, 2.24) is 20.8 Å². The summed E-state index contributed by atoms with van der Waals surface area (Å²) in [6.07, 6.45) is 0.823. The highest BCUT2D eigenvalue weighted by Gasteiger charge is 2.09. The third-order valence-corrected chi connectivity index (χ3v) is 4.34. The van der Waals surface area contributed by atoms with E-state index in [9.17, 15) is 8.78 Å². The minimum absolute atomic E-state index is 0. The van der Waals surface area contributed by atoms with Crippen LogP contribution in [0, 0.1) is 11.6 Å². The van der Waals surface area contributed by atoms with Gasteiger partial charge in [-0.15, -0.1) is 24.0 Å². The second-order valence-electron chi connectivity index (χ2n) is 6.18. The topological polar surface area (TPSA) is 75.3 Å². The van der Waals surface area contributed by atoms with E-state index in [0.29, 0.717) is 54.2 Å². The van der Waals surface area contributed by atoms with E-state index >= 15 is 0 Å². The first kappa shape index (κ1) is 24.0. The molecular formula is C20H21ClF2IN5O. The average Bonchev–Trinajstić information content (AvgIpc) is 3.18. The third-order valence-electron chi connectivity index (χ3n) is 4.10. The second kappa shape index (κ2) is 11.8. The van der Waals surface area contributed by atoms with E-state index < -0.39 is 11.6 Å². The standard InChI is InChI=1S/C20H20ClF2N5O.HI/c1-24-20(25-9-7-13-12-16(22)5-6-17(13)23)26-10-8-18-27-19(28-29-18)14-3-2-4-15(21)11-14;/h2-6,11-12H,7-10H2,1H3,(H2,24,25,26);1H. The lowest BCUT2D eigenvalue weighted by Crippen LogP contribution is -2.39. The van der Waals surface area contributed by atoms with E-state index in [1.807, 2.05) is 12.1 Å². The number of rotatable bonds is 7. The van der Waals surface area contributed by atoms with Crippen LogP contribution in [0.1, 0.15) is 11.5 Å². The number of hydrogen-bond donors (Lipinski definition) is 2. The van der Waals surface area contributed by atoms with Crippen molar-refractivity contribution in [1.29, 1.82) is 0 Å². The minimum atomic E-state index is -0.458. The maximum atomic E-state index is 13.6. The van der Waals surface area contributed by atoms with Crippen LogP contribution in [-0.4, -0.2) is 36.2 Å². The van der Waals surface area contributed by atoms with Crippen molar-refractivity contribution in [3.05, 3.63) is 70.6 Å². The summed E-state index contributed by atoms with van der Waals surface area (Å²) in [4.78, 5) is 8.45. The molecule has 0 aliphatic rings. The molecule has 1 aromatic heterocycles. The van der Waals surface area contributed by atoms with Crippen molar-refractivity contribution in [2.75, 3.05) is 20.1 Å². The van der Waals surface area contributed by atoms with Crippen LogP contribution in [0.25, 0.3) is 11.4 Å². The van der Waals surface area contributed by atoms with E-state index in [0.717, 1.165) is 17.7 Å². The van der Waals surface area contributed by atoms with Crippen LogP contribution >= 0.6 is 35.6 Å². The largest absolute Gasteiger partial charge is 0.356 e. The molecule has 0 unspecified atom stereocenters. The summed E-state index contributed by atoms with van der Waals surface area (Å²) in [5.41, 5.74) is 1.09. The molecule has 0 bridgehead atoms. The molecule has 0 saturated carbocycles. The van der Waals surface area contributed by atoms with E-state index in [1.54, 1.807) is 19.2 Å². The molecule has 2 N–H and O–H groups in total. The number of aromatic nitrogens is 2. The van der Waals surface area contributed by atoms with Crippen molar-refractivity contribution >= 4 is 41.5 Å². The zero-order chi connectivity index (χ0) is 20.6. The van der Waals surface area contributed by atoms with Gasteiger partial charge in [-0.05, 0) is 42.3 Å². The second-order valence-corrected chi connectivity index (χ2v) is 6.62. The number of aliphatic imine (C=N–C) groups is 1. The number of guanidine groups is 1. The molecule has 0 radical (unpaired) electrons. The van der Waals surface area contributed by atoms with Crippen molar-refractivity contribution in [3.63, 3.8) is 0 Å². The summed E-state index contributed by atoms with van der Waals surface area (Å²) >= 11 is 5.98. The number of halogens is 4. The van der Waals surface area contributed by atoms with Crippen molar-refractivity contribution < 1.29 is 13.3 Å². The molecule has 0 spiro atoms. The maximum absolute atomic E-state index is 13.6. The van der Waals surface area contributed by atoms with Crippen LogP contribution in [0.2, 0.25) is 5.02 Å². The van der Waals surface area contributed by atoms with E-state index in [1.165, 1.54) is 6.07 Å². The van der Waals surface area contributed by atoms with Gasteiger partial charge in [0.05, 0.1) is 0 Å². The summed E-state index contributed by atoms with van der Waals surface area (Å²) in [5, 5.41) is 10.7. The monoisotopic (exact) mass is 547 g/mol. The fourth-order valence-electron chi connectivity index (χ4n) is 2.66. The van der Waals surface area contributed by atoms with Crippen molar-refractivity contribution in [2.45, 2.75) is 12.8 Å². The molecule has 160 valence electrons.